The maximum atomic E-state index is 6.16. The van der Waals surface area contributed by atoms with Crippen molar-refractivity contribution in [1.82, 2.24) is 4.90 Å². The molecule has 2 bridgehead atoms. The number of hydrogen-bond donors (Lipinski definition) is 1. The topological polar surface area (TPSA) is 24.5 Å². The Hall–Kier alpha value is -0.450. The number of anilines is 1. The first-order valence-corrected chi connectivity index (χ1v) is 8.27. The van der Waals surface area contributed by atoms with Crippen LogP contribution in [0.25, 0.3) is 0 Å². The summed E-state index contributed by atoms with van der Waals surface area (Å²) in [6, 6.07) is 5.76. The summed E-state index contributed by atoms with van der Waals surface area (Å²) in [5, 5.41) is 4.36. The normalized spacial score (nSPS) is 29.5. The van der Waals surface area contributed by atoms with Gasteiger partial charge in [0.25, 0.3) is 0 Å². The second-order valence-electron chi connectivity index (χ2n) is 5.83. The molecule has 2 saturated heterocycles. The lowest BCUT2D eigenvalue weighted by molar-refractivity contribution is 0.169. The molecule has 2 aliphatic heterocycles. The second kappa shape index (κ2) is 5.74. The minimum atomic E-state index is 0.503. The standard InChI is InChI=1S/C15H20BrClN2O/c1-19-11-3-4-12(19)8-10(7-11)18-14-6-9(17)5-13(16)15(14)20-2/h5-6,10-12,18H,3-4,7-8H2,1-2H3. The van der Waals surface area contributed by atoms with E-state index in [4.69, 9.17) is 16.3 Å². The van der Waals surface area contributed by atoms with Crippen molar-refractivity contribution in [3.8, 4) is 5.75 Å². The first-order valence-electron chi connectivity index (χ1n) is 7.10. The number of nitrogens with zero attached hydrogens (tertiary/aromatic N) is 1. The van der Waals surface area contributed by atoms with E-state index in [0.29, 0.717) is 6.04 Å². The van der Waals surface area contributed by atoms with E-state index in [1.54, 1.807) is 7.11 Å². The number of nitrogens with one attached hydrogen (secondary N) is 1. The van der Waals surface area contributed by atoms with Crippen LogP contribution >= 0.6 is 27.5 Å². The summed E-state index contributed by atoms with van der Waals surface area (Å²) < 4.78 is 6.38. The predicted octanol–water partition coefficient (Wildman–Crippen LogP) is 4.15. The van der Waals surface area contributed by atoms with Gasteiger partial charge in [0, 0.05) is 23.1 Å². The van der Waals surface area contributed by atoms with E-state index in [1.807, 2.05) is 12.1 Å². The molecule has 5 heteroatoms. The third-order valence-electron chi connectivity index (χ3n) is 4.67. The lowest BCUT2D eigenvalue weighted by atomic mass is 9.97. The molecule has 1 aromatic rings. The molecule has 2 atom stereocenters. The highest BCUT2D eigenvalue weighted by atomic mass is 79.9. The van der Waals surface area contributed by atoms with Gasteiger partial charge in [-0.1, -0.05) is 11.6 Å². The van der Waals surface area contributed by atoms with Gasteiger partial charge >= 0.3 is 0 Å². The average molecular weight is 360 g/mol. The predicted molar refractivity (Wildman–Crippen MR) is 86.9 cm³/mol. The smallest absolute Gasteiger partial charge is 0.156 e. The Kier molecular flexibility index (Phi) is 4.16. The first-order chi connectivity index (χ1) is 9.58. The summed E-state index contributed by atoms with van der Waals surface area (Å²) in [5.41, 5.74) is 0.987. The summed E-state index contributed by atoms with van der Waals surface area (Å²) in [4.78, 5) is 2.54. The van der Waals surface area contributed by atoms with Crippen molar-refractivity contribution in [2.45, 2.75) is 43.8 Å². The van der Waals surface area contributed by atoms with Crippen molar-refractivity contribution in [3.63, 3.8) is 0 Å². The van der Waals surface area contributed by atoms with Gasteiger partial charge in [0.1, 0.15) is 0 Å². The first kappa shape index (κ1) is 14.5. The Balaban J connectivity index is 1.78. The van der Waals surface area contributed by atoms with E-state index in [1.165, 1.54) is 25.7 Å². The SMILES string of the molecule is COc1c(Br)cc(Cl)cc1NC1CC2CCC(C1)N2C. The van der Waals surface area contributed by atoms with E-state index in [9.17, 15) is 0 Å². The molecule has 1 N–H and O–H groups in total. The molecule has 2 heterocycles. The molecule has 0 aliphatic carbocycles. The van der Waals surface area contributed by atoms with Crippen LogP contribution in [0.5, 0.6) is 5.75 Å². The van der Waals surface area contributed by atoms with Gasteiger partial charge in [-0.05, 0) is 60.8 Å². The minimum absolute atomic E-state index is 0.503. The van der Waals surface area contributed by atoms with Gasteiger partial charge in [-0.25, -0.2) is 0 Å². The Morgan fingerprint density at radius 3 is 2.55 bits per heavy atom. The third-order valence-corrected chi connectivity index (χ3v) is 5.48. The molecule has 1 aromatic carbocycles. The minimum Gasteiger partial charge on any atom is -0.493 e. The molecule has 0 aromatic heterocycles. The van der Waals surface area contributed by atoms with Gasteiger partial charge in [0.2, 0.25) is 0 Å². The van der Waals surface area contributed by atoms with E-state index < -0.39 is 0 Å². The summed E-state index contributed by atoms with van der Waals surface area (Å²) in [5.74, 6) is 0.834. The van der Waals surface area contributed by atoms with Crippen molar-refractivity contribution in [2.75, 3.05) is 19.5 Å². The van der Waals surface area contributed by atoms with Crippen molar-refractivity contribution in [2.24, 2.45) is 0 Å². The van der Waals surface area contributed by atoms with Crippen LogP contribution < -0.4 is 10.1 Å². The fourth-order valence-electron chi connectivity index (χ4n) is 3.62. The zero-order valence-corrected chi connectivity index (χ0v) is 14.2. The molecule has 0 radical (unpaired) electrons. The molecular weight excluding hydrogens is 340 g/mol. The lowest BCUT2D eigenvalue weighted by Gasteiger charge is -2.37. The van der Waals surface area contributed by atoms with E-state index >= 15 is 0 Å². The number of benzene rings is 1. The largest absolute Gasteiger partial charge is 0.493 e. The molecule has 3 rings (SSSR count). The molecule has 2 fully saturated rings. The number of methoxy groups -OCH3 is 1. The van der Waals surface area contributed by atoms with Crippen LogP contribution in [0.3, 0.4) is 0 Å². The van der Waals surface area contributed by atoms with E-state index in [0.717, 1.165) is 33.0 Å². The molecule has 110 valence electrons. The molecule has 0 spiro atoms. The monoisotopic (exact) mass is 358 g/mol. The second-order valence-corrected chi connectivity index (χ2v) is 7.12. The number of ether oxygens (including phenoxy) is 1. The van der Waals surface area contributed by atoms with E-state index in [2.05, 4.69) is 33.2 Å². The quantitative estimate of drug-likeness (QED) is 0.877. The van der Waals surface area contributed by atoms with Gasteiger partial charge in [-0.15, -0.1) is 0 Å². The number of rotatable bonds is 3. The molecule has 20 heavy (non-hydrogen) atoms. The third kappa shape index (κ3) is 2.66. The summed E-state index contributed by atoms with van der Waals surface area (Å²) in [6.07, 6.45) is 5.05. The van der Waals surface area contributed by atoms with Gasteiger partial charge in [0.15, 0.2) is 5.75 Å². The molecule has 2 aliphatic rings. The number of piperidine rings is 1. The zero-order valence-electron chi connectivity index (χ0n) is 11.8. The summed E-state index contributed by atoms with van der Waals surface area (Å²) >= 11 is 9.67. The van der Waals surface area contributed by atoms with Gasteiger partial charge in [-0.2, -0.15) is 0 Å². The van der Waals surface area contributed by atoms with Crippen molar-refractivity contribution in [3.05, 3.63) is 21.6 Å². The molecule has 2 unspecified atom stereocenters. The average Bonchev–Trinajstić information content (AvgIpc) is 2.62. The summed E-state index contributed by atoms with van der Waals surface area (Å²) in [7, 11) is 3.95. The maximum Gasteiger partial charge on any atom is 0.156 e. The van der Waals surface area contributed by atoms with Gasteiger partial charge in [-0.3, -0.25) is 0 Å². The molecule has 0 saturated carbocycles. The lowest BCUT2D eigenvalue weighted by Crippen LogP contribution is -2.44. The highest BCUT2D eigenvalue weighted by Crippen LogP contribution is 2.40. The highest BCUT2D eigenvalue weighted by Gasteiger charge is 2.38. The van der Waals surface area contributed by atoms with Crippen LogP contribution in [0.4, 0.5) is 5.69 Å². The summed E-state index contributed by atoms with van der Waals surface area (Å²) in [6.45, 7) is 0. The van der Waals surface area contributed by atoms with E-state index in [-0.39, 0.29) is 0 Å². The van der Waals surface area contributed by atoms with Crippen molar-refractivity contribution < 1.29 is 4.74 Å². The molecular formula is C15H20BrClN2O. The van der Waals surface area contributed by atoms with Crippen LogP contribution in [0, 0.1) is 0 Å². The molecule has 0 amide bonds. The Labute approximate surface area is 133 Å². The fourth-order valence-corrected chi connectivity index (χ4v) is 4.60. The Bertz CT molecular complexity index is 497. The van der Waals surface area contributed by atoms with Gasteiger partial charge in [0.05, 0.1) is 17.3 Å². The Morgan fingerprint density at radius 2 is 1.95 bits per heavy atom. The van der Waals surface area contributed by atoms with Crippen LogP contribution in [0.2, 0.25) is 5.02 Å². The van der Waals surface area contributed by atoms with Crippen LogP contribution in [0.1, 0.15) is 25.7 Å². The molecule has 3 nitrogen and oxygen atoms in total. The number of hydrogen-bond acceptors (Lipinski definition) is 3. The number of halogens is 2. The van der Waals surface area contributed by atoms with Crippen LogP contribution in [-0.4, -0.2) is 37.2 Å². The van der Waals surface area contributed by atoms with Crippen molar-refractivity contribution in [1.29, 1.82) is 0 Å². The zero-order chi connectivity index (χ0) is 14.3. The van der Waals surface area contributed by atoms with Crippen molar-refractivity contribution >= 4 is 33.2 Å². The van der Waals surface area contributed by atoms with Gasteiger partial charge < -0.3 is 15.0 Å². The number of fused-ring (bicyclic) bond motifs is 2. The fraction of sp³-hybridized carbons (Fsp3) is 0.600. The van der Waals surface area contributed by atoms with Crippen LogP contribution in [-0.2, 0) is 0 Å². The van der Waals surface area contributed by atoms with Crippen LogP contribution in [0.15, 0.2) is 16.6 Å². The maximum absolute atomic E-state index is 6.16. The highest BCUT2D eigenvalue weighted by molar-refractivity contribution is 9.10. The Morgan fingerprint density at radius 1 is 1.30 bits per heavy atom.